The summed E-state index contributed by atoms with van der Waals surface area (Å²) in [4.78, 5) is 15.1. The first-order valence-electron chi connectivity index (χ1n) is 5.11. The molecule has 0 spiro atoms. The molecule has 0 N–H and O–H groups in total. The van der Waals surface area contributed by atoms with Crippen molar-refractivity contribution >= 4 is 17.6 Å². The molecule has 0 aliphatic carbocycles. The van der Waals surface area contributed by atoms with E-state index in [0.717, 1.165) is 12.0 Å². The lowest BCUT2D eigenvalue weighted by Crippen LogP contribution is -2.11. The minimum absolute atomic E-state index is 0.0290. The van der Waals surface area contributed by atoms with Crippen molar-refractivity contribution in [3.05, 3.63) is 35.1 Å². The number of hydrogen-bond donors (Lipinski definition) is 0. The Hall–Kier alpha value is -1.55. The minimum Gasteiger partial charge on any atom is -0.485 e. The molecule has 0 atom stereocenters. The molecule has 0 aliphatic rings. The Morgan fingerprint density at radius 3 is 2.88 bits per heavy atom. The van der Waals surface area contributed by atoms with Gasteiger partial charge in [0.15, 0.2) is 10.9 Å². The van der Waals surface area contributed by atoms with Gasteiger partial charge in [-0.15, -0.1) is 0 Å². The molecular weight excluding hydrogens is 242 g/mol. The maximum Gasteiger partial charge on any atom is 0.336 e. The summed E-state index contributed by atoms with van der Waals surface area (Å²) in [7, 11) is 1.29. The lowest BCUT2D eigenvalue weighted by molar-refractivity contribution is -0.136. The SMILES string of the molecule is C=C(COc1cc(CC)cnc1Cl)C(=O)OC. The van der Waals surface area contributed by atoms with Gasteiger partial charge in [-0.1, -0.05) is 25.1 Å². The van der Waals surface area contributed by atoms with Crippen LogP contribution in [0.15, 0.2) is 24.4 Å². The van der Waals surface area contributed by atoms with Crippen molar-refractivity contribution in [3.8, 4) is 5.75 Å². The number of hydrogen-bond acceptors (Lipinski definition) is 4. The second kappa shape index (κ2) is 6.25. The monoisotopic (exact) mass is 255 g/mol. The molecule has 0 bridgehead atoms. The van der Waals surface area contributed by atoms with Crippen LogP contribution in [0.2, 0.25) is 5.15 Å². The van der Waals surface area contributed by atoms with Crippen molar-refractivity contribution in [3.63, 3.8) is 0 Å². The van der Waals surface area contributed by atoms with Crippen LogP contribution < -0.4 is 4.74 Å². The summed E-state index contributed by atoms with van der Waals surface area (Å²) in [5.74, 6) is -0.0585. The van der Waals surface area contributed by atoms with Crippen LogP contribution in [-0.4, -0.2) is 24.7 Å². The molecule has 5 heteroatoms. The van der Waals surface area contributed by atoms with Gasteiger partial charge in [-0.25, -0.2) is 9.78 Å². The zero-order valence-electron chi connectivity index (χ0n) is 9.83. The minimum atomic E-state index is -0.499. The third-order valence-corrected chi connectivity index (χ3v) is 2.43. The van der Waals surface area contributed by atoms with Crippen LogP contribution in [0.3, 0.4) is 0 Å². The number of methoxy groups -OCH3 is 1. The Bertz CT molecular complexity index is 432. The quantitative estimate of drug-likeness (QED) is 0.461. The van der Waals surface area contributed by atoms with Crippen LogP contribution in [0.1, 0.15) is 12.5 Å². The van der Waals surface area contributed by atoms with Crippen molar-refractivity contribution in [2.24, 2.45) is 0 Å². The van der Waals surface area contributed by atoms with Gasteiger partial charge in [0.05, 0.1) is 12.7 Å². The van der Waals surface area contributed by atoms with Gasteiger partial charge in [0.1, 0.15) is 6.61 Å². The number of esters is 1. The highest BCUT2D eigenvalue weighted by Crippen LogP contribution is 2.23. The highest BCUT2D eigenvalue weighted by atomic mass is 35.5. The molecule has 0 amide bonds. The van der Waals surface area contributed by atoms with Crippen LogP contribution in [0, 0.1) is 0 Å². The lowest BCUT2D eigenvalue weighted by Gasteiger charge is -2.09. The Balaban J connectivity index is 2.68. The molecule has 1 rings (SSSR count). The van der Waals surface area contributed by atoms with Crippen molar-refractivity contribution in [1.29, 1.82) is 0 Å². The highest BCUT2D eigenvalue weighted by Gasteiger charge is 2.09. The molecule has 0 saturated carbocycles. The second-order valence-electron chi connectivity index (χ2n) is 3.37. The highest BCUT2D eigenvalue weighted by molar-refractivity contribution is 6.30. The van der Waals surface area contributed by atoms with Crippen LogP contribution in [0.4, 0.5) is 0 Å². The number of ether oxygens (including phenoxy) is 2. The molecule has 1 heterocycles. The van der Waals surface area contributed by atoms with E-state index in [4.69, 9.17) is 16.3 Å². The van der Waals surface area contributed by atoms with Crippen molar-refractivity contribution in [2.45, 2.75) is 13.3 Å². The predicted octanol–water partition coefficient (Wildman–Crippen LogP) is 2.41. The van der Waals surface area contributed by atoms with Gasteiger partial charge >= 0.3 is 5.97 Å². The standard InChI is InChI=1S/C12H14ClNO3/c1-4-9-5-10(11(13)14-6-9)17-7-8(2)12(15)16-3/h5-6H,2,4,7H2,1,3H3. The number of aromatic nitrogens is 1. The Morgan fingerprint density at radius 2 is 2.29 bits per heavy atom. The average molecular weight is 256 g/mol. The second-order valence-corrected chi connectivity index (χ2v) is 3.73. The molecular formula is C12H14ClNO3. The van der Waals surface area contributed by atoms with E-state index < -0.39 is 5.97 Å². The summed E-state index contributed by atoms with van der Waals surface area (Å²) in [5.41, 5.74) is 1.23. The third-order valence-electron chi connectivity index (χ3n) is 2.15. The van der Waals surface area contributed by atoms with E-state index in [1.165, 1.54) is 7.11 Å². The van der Waals surface area contributed by atoms with Crippen molar-refractivity contribution in [2.75, 3.05) is 13.7 Å². The first kappa shape index (κ1) is 13.5. The van der Waals surface area contributed by atoms with Crippen LogP contribution in [0.5, 0.6) is 5.75 Å². The van der Waals surface area contributed by atoms with Crippen molar-refractivity contribution in [1.82, 2.24) is 4.98 Å². The predicted molar refractivity (Wildman–Crippen MR) is 65.3 cm³/mol. The number of rotatable bonds is 5. The maximum atomic E-state index is 11.1. The first-order valence-corrected chi connectivity index (χ1v) is 5.49. The molecule has 0 saturated heterocycles. The largest absolute Gasteiger partial charge is 0.485 e. The fourth-order valence-corrected chi connectivity index (χ4v) is 1.29. The van der Waals surface area contributed by atoms with Gasteiger partial charge in [0.2, 0.25) is 0 Å². The molecule has 17 heavy (non-hydrogen) atoms. The van der Waals surface area contributed by atoms with Gasteiger partial charge in [-0.3, -0.25) is 0 Å². The van der Waals surface area contributed by atoms with Gasteiger partial charge in [-0.05, 0) is 18.1 Å². The van der Waals surface area contributed by atoms with E-state index in [1.54, 1.807) is 12.3 Å². The van der Waals surface area contributed by atoms with E-state index in [1.807, 2.05) is 6.92 Å². The fraction of sp³-hybridized carbons (Fsp3) is 0.333. The molecule has 0 fully saturated rings. The Morgan fingerprint density at radius 1 is 1.59 bits per heavy atom. The maximum absolute atomic E-state index is 11.1. The summed E-state index contributed by atoms with van der Waals surface area (Å²) in [6, 6.07) is 1.79. The summed E-state index contributed by atoms with van der Waals surface area (Å²) in [6.45, 7) is 5.58. The summed E-state index contributed by atoms with van der Waals surface area (Å²) < 4.78 is 9.88. The van der Waals surface area contributed by atoms with E-state index >= 15 is 0 Å². The number of nitrogens with zero attached hydrogens (tertiary/aromatic N) is 1. The van der Waals surface area contributed by atoms with E-state index in [9.17, 15) is 4.79 Å². The summed E-state index contributed by atoms with van der Waals surface area (Å²) in [6.07, 6.45) is 2.52. The number of carbonyl (C=O) groups excluding carboxylic acids is 1. The number of aryl methyl sites for hydroxylation is 1. The van der Waals surface area contributed by atoms with E-state index in [2.05, 4.69) is 16.3 Å². The normalized spacial score (nSPS) is 9.82. The Kier molecular flexibility index (Phi) is 4.97. The van der Waals surface area contributed by atoms with Crippen LogP contribution >= 0.6 is 11.6 Å². The molecule has 92 valence electrons. The zero-order chi connectivity index (χ0) is 12.8. The third kappa shape index (κ3) is 3.75. The smallest absolute Gasteiger partial charge is 0.336 e. The van der Waals surface area contributed by atoms with E-state index in [-0.39, 0.29) is 17.3 Å². The van der Waals surface area contributed by atoms with Gasteiger partial charge in [0.25, 0.3) is 0 Å². The molecule has 0 aromatic carbocycles. The van der Waals surface area contributed by atoms with Crippen LogP contribution in [0.25, 0.3) is 0 Å². The molecule has 0 radical (unpaired) electrons. The van der Waals surface area contributed by atoms with E-state index in [0.29, 0.717) is 5.75 Å². The average Bonchev–Trinajstić information content (AvgIpc) is 2.36. The zero-order valence-corrected chi connectivity index (χ0v) is 10.6. The number of carbonyl (C=O) groups is 1. The molecule has 0 unspecified atom stereocenters. The molecule has 1 aromatic heterocycles. The lowest BCUT2D eigenvalue weighted by atomic mass is 10.2. The van der Waals surface area contributed by atoms with Gasteiger partial charge in [0, 0.05) is 6.20 Å². The Labute approximate surface area is 105 Å². The van der Waals surface area contributed by atoms with Crippen molar-refractivity contribution < 1.29 is 14.3 Å². The summed E-state index contributed by atoms with van der Waals surface area (Å²) in [5, 5.41) is 0.264. The fourth-order valence-electron chi connectivity index (χ4n) is 1.13. The molecule has 4 nitrogen and oxygen atoms in total. The molecule has 0 aliphatic heterocycles. The van der Waals surface area contributed by atoms with Crippen LogP contribution in [-0.2, 0) is 16.0 Å². The topological polar surface area (TPSA) is 48.4 Å². The first-order chi connectivity index (χ1) is 8.08. The number of pyridine rings is 1. The molecule has 1 aromatic rings. The van der Waals surface area contributed by atoms with Gasteiger partial charge in [-0.2, -0.15) is 0 Å². The number of halogens is 1. The summed E-state index contributed by atoms with van der Waals surface area (Å²) >= 11 is 5.87. The van der Waals surface area contributed by atoms with Gasteiger partial charge < -0.3 is 9.47 Å².